The SMILES string of the molecule is O=C(O)[C@]12CNC[C@@]1(F)CCOC2. The normalized spacial score (nSPS) is 44.4. The van der Waals surface area contributed by atoms with Crippen molar-refractivity contribution in [1.82, 2.24) is 5.32 Å². The highest BCUT2D eigenvalue weighted by Gasteiger charge is 2.62. The molecule has 0 aliphatic carbocycles. The molecule has 0 aromatic carbocycles. The first-order chi connectivity index (χ1) is 6.11. The van der Waals surface area contributed by atoms with Crippen molar-refractivity contribution in [3.63, 3.8) is 0 Å². The van der Waals surface area contributed by atoms with Crippen LogP contribution in [0.2, 0.25) is 0 Å². The zero-order valence-electron chi connectivity index (χ0n) is 7.18. The summed E-state index contributed by atoms with van der Waals surface area (Å²) in [5.41, 5.74) is -2.98. The maximum absolute atomic E-state index is 14.1. The largest absolute Gasteiger partial charge is 0.481 e. The van der Waals surface area contributed by atoms with Crippen LogP contribution in [0.4, 0.5) is 4.39 Å². The van der Waals surface area contributed by atoms with Gasteiger partial charge < -0.3 is 15.2 Å². The van der Waals surface area contributed by atoms with Gasteiger partial charge in [-0.05, 0) is 0 Å². The van der Waals surface area contributed by atoms with Gasteiger partial charge in [0.2, 0.25) is 0 Å². The van der Waals surface area contributed by atoms with E-state index in [-0.39, 0.29) is 26.1 Å². The van der Waals surface area contributed by atoms with Crippen molar-refractivity contribution in [1.29, 1.82) is 0 Å². The number of nitrogens with one attached hydrogen (secondary N) is 1. The second kappa shape index (κ2) is 2.65. The van der Waals surface area contributed by atoms with Crippen molar-refractivity contribution in [3.05, 3.63) is 0 Å². The summed E-state index contributed by atoms with van der Waals surface area (Å²) >= 11 is 0. The Hall–Kier alpha value is -0.680. The van der Waals surface area contributed by atoms with Crippen LogP contribution >= 0.6 is 0 Å². The Morgan fingerprint density at radius 3 is 2.92 bits per heavy atom. The van der Waals surface area contributed by atoms with Gasteiger partial charge in [-0.2, -0.15) is 0 Å². The van der Waals surface area contributed by atoms with Crippen LogP contribution in [0.3, 0.4) is 0 Å². The summed E-state index contributed by atoms with van der Waals surface area (Å²) < 4.78 is 19.2. The Morgan fingerprint density at radius 2 is 2.31 bits per heavy atom. The molecule has 0 aromatic heterocycles. The number of fused-ring (bicyclic) bond motifs is 1. The molecule has 0 radical (unpaired) electrons. The minimum Gasteiger partial charge on any atom is -0.481 e. The maximum atomic E-state index is 14.1. The Kier molecular flexibility index (Phi) is 1.82. The third-order valence-electron chi connectivity index (χ3n) is 3.09. The molecule has 2 fully saturated rings. The molecule has 13 heavy (non-hydrogen) atoms. The lowest BCUT2D eigenvalue weighted by atomic mass is 9.73. The van der Waals surface area contributed by atoms with Gasteiger partial charge in [-0.15, -0.1) is 0 Å². The van der Waals surface area contributed by atoms with Crippen molar-refractivity contribution in [2.45, 2.75) is 12.1 Å². The summed E-state index contributed by atoms with van der Waals surface area (Å²) in [7, 11) is 0. The number of hydrogen-bond donors (Lipinski definition) is 2. The molecular weight excluding hydrogens is 177 g/mol. The molecule has 0 aromatic rings. The minimum atomic E-state index is -1.63. The minimum absolute atomic E-state index is 0.0220. The van der Waals surface area contributed by atoms with Gasteiger partial charge in [-0.1, -0.05) is 0 Å². The van der Waals surface area contributed by atoms with Crippen molar-refractivity contribution < 1.29 is 19.0 Å². The molecule has 2 rings (SSSR count). The van der Waals surface area contributed by atoms with E-state index in [0.29, 0.717) is 6.61 Å². The summed E-state index contributed by atoms with van der Waals surface area (Å²) in [6, 6.07) is 0. The Balaban J connectivity index is 2.35. The fourth-order valence-corrected chi connectivity index (χ4v) is 2.12. The summed E-state index contributed by atoms with van der Waals surface area (Å²) in [4.78, 5) is 11.0. The number of rotatable bonds is 1. The number of alkyl halides is 1. The number of hydrogen-bond acceptors (Lipinski definition) is 3. The number of carboxylic acids is 1. The highest BCUT2D eigenvalue weighted by molar-refractivity contribution is 5.78. The fourth-order valence-electron chi connectivity index (χ4n) is 2.12. The monoisotopic (exact) mass is 189 g/mol. The maximum Gasteiger partial charge on any atom is 0.316 e. The molecule has 2 aliphatic rings. The smallest absolute Gasteiger partial charge is 0.316 e. The van der Waals surface area contributed by atoms with E-state index in [9.17, 15) is 9.18 Å². The van der Waals surface area contributed by atoms with Gasteiger partial charge >= 0.3 is 5.97 Å². The average molecular weight is 189 g/mol. The molecule has 2 atom stereocenters. The summed E-state index contributed by atoms with van der Waals surface area (Å²) in [6.45, 7) is 0.584. The van der Waals surface area contributed by atoms with Gasteiger partial charge in [-0.3, -0.25) is 4.79 Å². The van der Waals surface area contributed by atoms with Crippen molar-refractivity contribution in [3.8, 4) is 0 Å². The van der Waals surface area contributed by atoms with E-state index < -0.39 is 17.1 Å². The predicted octanol–water partition coefficient (Wildman–Crippen LogP) is -0.211. The van der Waals surface area contributed by atoms with Gasteiger partial charge in [0.25, 0.3) is 0 Å². The van der Waals surface area contributed by atoms with E-state index in [1.54, 1.807) is 0 Å². The van der Waals surface area contributed by atoms with E-state index in [2.05, 4.69) is 5.32 Å². The number of ether oxygens (including phenoxy) is 1. The third kappa shape index (κ3) is 1.00. The van der Waals surface area contributed by atoms with Crippen LogP contribution < -0.4 is 5.32 Å². The Morgan fingerprint density at radius 1 is 1.54 bits per heavy atom. The summed E-state index contributed by atoms with van der Waals surface area (Å²) in [5, 5.41) is 11.8. The molecule has 74 valence electrons. The van der Waals surface area contributed by atoms with Gasteiger partial charge in [0.15, 0.2) is 0 Å². The lowest BCUT2D eigenvalue weighted by Crippen LogP contribution is -2.56. The van der Waals surface area contributed by atoms with Gasteiger partial charge in [0.05, 0.1) is 6.61 Å². The van der Waals surface area contributed by atoms with E-state index in [4.69, 9.17) is 9.84 Å². The summed E-state index contributed by atoms with van der Waals surface area (Å²) in [6.07, 6.45) is 0.173. The molecule has 4 nitrogen and oxygen atoms in total. The van der Waals surface area contributed by atoms with E-state index in [1.807, 2.05) is 0 Å². The van der Waals surface area contributed by atoms with Crippen molar-refractivity contribution in [2.24, 2.45) is 5.41 Å². The lowest BCUT2D eigenvalue weighted by molar-refractivity contribution is -0.171. The molecule has 2 aliphatic heterocycles. The van der Waals surface area contributed by atoms with Crippen LogP contribution in [0.15, 0.2) is 0 Å². The number of carboxylic acid groups (broad SMARTS) is 1. The molecule has 0 spiro atoms. The first-order valence-electron chi connectivity index (χ1n) is 4.32. The molecule has 2 N–H and O–H groups in total. The number of aliphatic carboxylic acids is 1. The summed E-state index contributed by atoms with van der Waals surface area (Å²) in [5.74, 6) is -1.10. The number of carbonyl (C=O) groups is 1. The van der Waals surface area contributed by atoms with Crippen molar-refractivity contribution >= 4 is 5.97 Å². The van der Waals surface area contributed by atoms with Crippen LogP contribution in [-0.2, 0) is 9.53 Å². The number of halogens is 1. The zero-order valence-corrected chi connectivity index (χ0v) is 7.18. The molecule has 5 heteroatoms. The molecular formula is C8H12FNO3. The highest BCUT2D eigenvalue weighted by Crippen LogP contribution is 2.44. The lowest BCUT2D eigenvalue weighted by Gasteiger charge is -2.39. The van der Waals surface area contributed by atoms with Gasteiger partial charge in [0, 0.05) is 26.1 Å². The van der Waals surface area contributed by atoms with Crippen LogP contribution in [0.1, 0.15) is 6.42 Å². The average Bonchev–Trinajstić information content (AvgIpc) is 2.42. The molecule has 2 heterocycles. The highest BCUT2D eigenvalue weighted by atomic mass is 19.1. The Bertz CT molecular complexity index is 248. The van der Waals surface area contributed by atoms with E-state index in [0.717, 1.165) is 0 Å². The molecule has 0 saturated carbocycles. The fraction of sp³-hybridized carbons (Fsp3) is 0.875. The van der Waals surface area contributed by atoms with Crippen molar-refractivity contribution in [2.75, 3.05) is 26.3 Å². The zero-order chi connectivity index (χ0) is 9.53. The first-order valence-corrected chi connectivity index (χ1v) is 4.32. The molecule has 0 bridgehead atoms. The third-order valence-corrected chi connectivity index (χ3v) is 3.09. The Labute approximate surface area is 75.1 Å². The molecule has 0 amide bonds. The van der Waals surface area contributed by atoms with E-state index >= 15 is 0 Å². The van der Waals surface area contributed by atoms with Gasteiger partial charge in [-0.25, -0.2) is 4.39 Å². The van der Waals surface area contributed by atoms with Gasteiger partial charge in [0.1, 0.15) is 11.1 Å². The standard InChI is InChI=1S/C8H12FNO3/c9-8-1-2-13-5-7(8,6(11)12)3-10-4-8/h10H,1-5H2,(H,11,12)/t7-,8+/m1/s1. The quantitative estimate of drug-likeness (QED) is 0.599. The topological polar surface area (TPSA) is 58.6 Å². The second-order valence-corrected chi connectivity index (χ2v) is 3.76. The van der Waals surface area contributed by atoms with Crippen LogP contribution in [0.25, 0.3) is 0 Å². The van der Waals surface area contributed by atoms with Crippen LogP contribution in [-0.4, -0.2) is 43.0 Å². The van der Waals surface area contributed by atoms with Crippen LogP contribution in [0.5, 0.6) is 0 Å². The van der Waals surface area contributed by atoms with E-state index in [1.165, 1.54) is 0 Å². The second-order valence-electron chi connectivity index (χ2n) is 3.76. The van der Waals surface area contributed by atoms with Crippen LogP contribution in [0, 0.1) is 5.41 Å². The molecule has 2 saturated heterocycles. The first kappa shape index (κ1) is 8.90. The predicted molar refractivity (Wildman–Crippen MR) is 42.2 cm³/mol. The molecule has 0 unspecified atom stereocenters.